The second kappa shape index (κ2) is 4.11. The van der Waals surface area contributed by atoms with Crippen LogP contribution < -0.4 is 5.32 Å². The van der Waals surface area contributed by atoms with Gasteiger partial charge >= 0.3 is 0 Å². The first-order chi connectivity index (χ1) is 7.52. The SMILES string of the molecule is CNCc1cn(C2CS(=O)(=O)CC2O)nn1. The molecule has 7 nitrogen and oxygen atoms in total. The lowest BCUT2D eigenvalue weighted by Gasteiger charge is -2.11. The highest BCUT2D eigenvalue weighted by Gasteiger charge is 2.38. The first-order valence-electron chi connectivity index (χ1n) is 4.95. The molecule has 0 bridgehead atoms. The number of aliphatic hydroxyl groups is 1. The van der Waals surface area contributed by atoms with Gasteiger partial charge in [0.05, 0.1) is 35.5 Å². The molecule has 2 atom stereocenters. The number of rotatable bonds is 3. The molecule has 2 N–H and O–H groups in total. The van der Waals surface area contributed by atoms with Gasteiger partial charge < -0.3 is 10.4 Å². The summed E-state index contributed by atoms with van der Waals surface area (Å²) >= 11 is 0. The van der Waals surface area contributed by atoms with Crippen LogP contribution in [-0.4, -0.2) is 53.2 Å². The van der Waals surface area contributed by atoms with Crippen molar-refractivity contribution in [3.8, 4) is 0 Å². The van der Waals surface area contributed by atoms with Crippen LogP contribution in [0.25, 0.3) is 0 Å². The number of sulfone groups is 1. The molecule has 1 aromatic rings. The van der Waals surface area contributed by atoms with Crippen LogP contribution in [0.1, 0.15) is 11.7 Å². The van der Waals surface area contributed by atoms with E-state index in [-0.39, 0.29) is 11.5 Å². The summed E-state index contributed by atoms with van der Waals surface area (Å²) in [5.41, 5.74) is 0.721. The fourth-order valence-corrected chi connectivity index (χ4v) is 3.57. The first kappa shape index (κ1) is 11.5. The molecule has 8 heteroatoms. The summed E-state index contributed by atoms with van der Waals surface area (Å²) in [7, 11) is -1.36. The molecular weight excluding hydrogens is 232 g/mol. The minimum Gasteiger partial charge on any atom is -0.390 e. The Labute approximate surface area is 93.4 Å². The lowest BCUT2D eigenvalue weighted by atomic mass is 10.2. The molecule has 0 amide bonds. The molecule has 0 aliphatic carbocycles. The van der Waals surface area contributed by atoms with Gasteiger partial charge in [-0.2, -0.15) is 0 Å². The molecule has 0 radical (unpaired) electrons. The Morgan fingerprint density at radius 3 is 2.94 bits per heavy atom. The van der Waals surface area contributed by atoms with Crippen molar-refractivity contribution in [2.24, 2.45) is 0 Å². The molecule has 16 heavy (non-hydrogen) atoms. The lowest BCUT2D eigenvalue weighted by Crippen LogP contribution is -2.22. The van der Waals surface area contributed by atoms with E-state index in [4.69, 9.17) is 0 Å². The lowest BCUT2D eigenvalue weighted by molar-refractivity contribution is 0.145. The van der Waals surface area contributed by atoms with Gasteiger partial charge in [0.1, 0.15) is 0 Å². The summed E-state index contributed by atoms with van der Waals surface area (Å²) in [6.07, 6.45) is 0.764. The molecule has 1 aliphatic rings. The van der Waals surface area contributed by atoms with Crippen LogP contribution in [0.5, 0.6) is 0 Å². The van der Waals surface area contributed by atoms with E-state index in [1.54, 1.807) is 13.2 Å². The van der Waals surface area contributed by atoms with E-state index >= 15 is 0 Å². The van der Waals surface area contributed by atoms with Gasteiger partial charge in [-0.15, -0.1) is 5.10 Å². The molecule has 1 saturated heterocycles. The van der Waals surface area contributed by atoms with Gasteiger partial charge in [0.25, 0.3) is 0 Å². The maximum Gasteiger partial charge on any atom is 0.155 e. The molecular formula is C8H14N4O3S. The smallest absolute Gasteiger partial charge is 0.155 e. The maximum absolute atomic E-state index is 11.3. The van der Waals surface area contributed by atoms with E-state index < -0.39 is 22.0 Å². The maximum atomic E-state index is 11.3. The zero-order valence-corrected chi connectivity index (χ0v) is 9.68. The third kappa shape index (κ3) is 2.23. The third-order valence-corrected chi connectivity index (χ3v) is 4.25. The standard InChI is InChI=1S/C8H14N4O3S/c1-9-2-6-3-12(11-10-6)7-4-16(14,15)5-8(7)13/h3,7-9,13H,2,4-5H2,1H3. The van der Waals surface area contributed by atoms with Crippen molar-refractivity contribution in [2.75, 3.05) is 18.6 Å². The minimum absolute atomic E-state index is 0.0729. The Bertz CT molecular complexity index is 469. The molecule has 0 saturated carbocycles. The Hall–Kier alpha value is -0.990. The average Bonchev–Trinajstić information content (AvgIpc) is 2.71. The Balaban J connectivity index is 2.18. The van der Waals surface area contributed by atoms with E-state index in [1.165, 1.54) is 4.68 Å². The minimum atomic E-state index is -3.15. The van der Waals surface area contributed by atoms with E-state index in [9.17, 15) is 13.5 Å². The highest BCUT2D eigenvalue weighted by atomic mass is 32.2. The summed E-state index contributed by atoms with van der Waals surface area (Å²) in [6, 6.07) is -0.511. The van der Waals surface area contributed by atoms with Crippen molar-refractivity contribution in [1.82, 2.24) is 20.3 Å². The van der Waals surface area contributed by atoms with Crippen LogP contribution in [0.15, 0.2) is 6.20 Å². The number of aliphatic hydroxyl groups excluding tert-OH is 1. The predicted molar refractivity (Wildman–Crippen MR) is 56.5 cm³/mol. The zero-order valence-electron chi connectivity index (χ0n) is 8.87. The number of nitrogens with zero attached hydrogens (tertiary/aromatic N) is 3. The highest BCUT2D eigenvalue weighted by molar-refractivity contribution is 7.91. The van der Waals surface area contributed by atoms with Crippen molar-refractivity contribution in [3.63, 3.8) is 0 Å². The Morgan fingerprint density at radius 1 is 1.62 bits per heavy atom. The van der Waals surface area contributed by atoms with Crippen LogP contribution in [0.3, 0.4) is 0 Å². The van der Waals surface area contributed by atoms with Gasteiger partial charge in [-0.05, 0) is 7.05 Å². The molecule has 1 aliphatic heterocycles. The van der Waals surface area contributed by atoms with Gasteiger partial charge in [0.2, 0.25) is 0 Å². The number of aromatic nitrogens is 3. The number of hydrogen-bond donors (Lipinski definition) is 2. The summed E-state index contributed by atoms with van der Waals surface area (Å²) in [6.45, 7) is 0.565. The fourth-order valence-electron chi connectivity index (χ4n) is 1.80. The second-order valence-electron chi connectivity index (χ2n) is 3.93. The molecule has 1 aromatic heterocycles. The van der Waals surface area contributed by atoms with E-state index in [0.29, 0.717) is 6.54 Å². The van der Waals surface area contributed by atoms with Gasteiger partial charge in [0, 0.05) is 6.54 Å². The molecule has 0 aromatic carbocycles. The Kier molecular flexibility index (Phi) is 2.96. The average molecular weight is 246 g/mol. The monoisotopic (exact) mass is 246 g/mol. The summed E-state index contributed by atoms with van der Waals surface area (Å²) in [4.78, 5) is 0. The molecule has 2 unspecified atom stereocenters. The van der Waals surface area contributed by atoms with Crippen LogP contribution in [0.4, 0.5) is 0 Å². The summed E-state index contributed by atoms with van der Waals surface area (Å²) in [5, 5.41) is 20.3. The van der Waals surface area contributed by atoms with Gasteiger partial charge in [-0.1, -0.05) is 5.21 Å². The van der Waals surface area contributed by atoms with Gasteiger partial charge in [0.15, 0.2) is 9.84 Å². The Morgan fingerprint density at radius 2 is 2.38 bits per heavy atom. The first-order valence-corrected chi connectivity index (χ1v) is 6.78. The van der Waals surface area contributed by atoms with Crippen LogP contribution in [0, 0.1) is 0 Å². The normalized spacial score (nSPS) is 28.4. The van der Waals surface area contributed by atoms with Crippen molar-refractivity contribution >= 4 is 9.84 Å². The molecule has 2 rings (SSSR count). The van der Waals surface area contributed by atoms with E-state index in [1.807, 2.05) is 0 Å². The quantitative estimate of drug-likeness (QED) is 0.661. The van der Waals surface area contributed by atoms with Crippen molar-refractivity contribution in [2.45, 2.75) is 18.7 Å². The molecule has 2 heterocycles. The second-order valence-corrected chi connectivity index (χ2v) is 6.09. The molecule has 1 fully saturated rings. The van der Waals surface area contributed by atoms with Gasteiger partial charge in [-0.3, -0.25) is 0 Å². The van der Waals surface area contributed by atoms with Crippen LogP contribution in [0.2, 0.25) is 0 Å². The van der Waals surface area contributed by atoms with E-state index in [2.05, 4.69) is 15.6 Å². The molecule has 0 spiro atoms. The molecule has 90 valence electrons. The van der Waals surface area contributed by atoms with Crippen LogP contribution in [-0.2, 0) is 16.4 Å². The predicted octanol–water partition coefficient (Wildman–Crippen LogP) is -1.67. The van der Waals surface area contributed by atoms with Gasteiger partial charge in [-0.25, -0.2) is 13.1 Å². The fraction of sp³-hybridized carbons (Fsp3) is 0.750. The zero-order chi connectivity index (χ0) is 11.8. The third-order valence-electron chi connectivity index (χ3n) is 2.55. The topological polar surface area (TPSA) is 97.1 Å². The van der Waals surface area contributed by atoms with Crippen molar-refractivity contribution in [3.05, 3.63) is 11.9 Å². The number of hydrogen-bond acceptors (Lipinski definition) is 6. The summed E-state index contributed by atoms with van der Waals surface area (Å²) < 4.78 is 24.1. The largest absolute Gasteiger partial charge is 0.390 e. The highest BCUT2D eigenvalue weighted by Crippen LogP contribution is 2.23. The van der Waals surface area contributed by atoms with Crippen LogP contribution >= 0.6 is 0 Å². The van der Waals surface area contributed by atoms with E-state index in [0.717, 1.165) is 5.69 Å². The summed E-state index contributed by atoms with van der Waals surface area (Å²) in [5.74, 6) is -0.268. The van der Waals surface area contributed by atoms with Crippen molar-refractivity contribution in [1.29, 1.82) is 0 Å². The number of nitrogens with one attached hydrogen (secondary N) is 1. The van der Waals surface area contributed by atoms with Crippen molar-refractivity contribution < 1.29 is 13.5 Å².